The normalized spacial score (nSPS) is 17.6. The van der Waals surface area contributed by atoms with Crippen LogP contribution < -0.4 is 15.5 Å². The van der Waals surface area contributed by atoms with Gasteiger partial charge in [0.2, 0.25) is 5.91 Å². The summed E-state index contributed by atoms with van der Waals surface area (Å²) in [5.74, 6) is 0.992. The SMILES string of the molecule is CN(C)c1cc(CNC(=O)C2CCCN2)c2ccccc2n1. The van der Waals surface area contributed by atoms with Crippen LogP contribution in [0.2, 0.25) is 0 Å². The van der Waals surface area contributed by atoms with E-state index in [4.69, 9.17) is 0 Å². The van der Waals surface area contributed by atoms with E-state index >= 15 is 0 Å². The predicted octanol–water partition coefficient (Wildman–Crippen LogP) is 1.67. The van der Waals surface area contributed by atoms with Gasteiger partial charge in [-0.15, -0.1) is 0 Å². The van der Waals surface area contributed by atoms with Crippen LogP contribution in [0.25, 0.3) is 10.9 Å². The Morgan fingerprint density at radius 3 is 2.95 bits per heavy atom. The van der Waals surface area contributed by atoms with Gasteiger partial charge in [0.1, 0.15) is 5.82 Å². The van der Waals surface area contributed by atoms with Gasteiger partial charge in [-0.1, -0.05) is 18.2 Å². The molecule has 0 bridgehead atoms. The van der Waals surface area contributed by atoms with E-state index in [2.05, 4.69) is 21.7 Å². The summed E-state index contributed by atoms with van der Waals surface area (Å²) >= 11 is 0. The van der Waals surface area contributed by atoms with Crippen LogP contribution in [0.4, 0.5) is 5.82 Å². The molecule has 1 unspecified atom stereocenters. The Kier molecular flexibility index (Phi) is 4.24. The lowest BCUT2D eigenvalue weighted by Crippen LogP contribution is -2.40. The molecule has 5 heteroatoms. The fourth-order valence-corrected chi connectivity index (χ4v) is 2.82. The molecule has 1 saturated heterocycles. The average molecular weight is 298 g/mol. The molecule has 1 aliphatic heterocycles. The van der Waals surface area contributed by atoms with E-state index in [9.17, 15) is 4.79 Å². The number of rotatable bonds is 4. The van der Waals surface area contributed by atoms with Gasteiger partial charge in [0, 0.05) is 26.0 Å². The maximum absolute atomic E-state index is 12.2. The molecule has 3 rings (SSSR count). The summed E-state index contributed by atoms with van der Waals surface area (Å²) in [5, 5.41) is 7.37. The second-order valence-corrected chi connectivity index (χ2v) is 5.92. The van der Waals surface area contributed by atoms with Gasteiger partial charge in [-0.3, -0.25) is 4.79 Å². The van der Waals surface area contributed by atoms with Crippen molar-refractivity contribution in [1.82, 2.24) is 15.6 Å². The molecule has 2 N–H and O–H groups in total. The highest BCUT2D eigenvalue weighted by Gasteiger charge is 2.21. The van der Waals surface area contributed by atoms with Crippen molar-refractivity contribution >= 4 is 22.6 Å². The highest BCUT2D eigenvalue weighted by Crippen LogP contribution is 2.22. The minimum Gasteiger partial charge on any atom is -0.363 e. The summed E-state index contributed by atoms with van der Waals surface area (Å²) in [6, 6.07) is 10.1. The molecule has 116 valence electrons. The minimum absolute atomic E-state index is 0.0404. The molecule has 5 nitrogen and oxygen atoms in total. The first-order chi connectivity index (χ1) is 10.6. The van der Waals surface area contributed by atoms with Gasteiger partial charge in [0.05, 0.1) is 11.6 Å². The van der Waals surface area contributed by atoms with Crippen molar-refractivity contribution in [2.75, 3.05) is 25.5 Å². The van der Waals surface area contributed by atoms with Crippen molar-refractivity contribution in [3.63, 3.8) is 0 Å². The molecule has 0 aliphatic carbocycles. The van der Waals surface area contributed by atoms with Gasteiger partial charge in [0.15, 0.2) is 0 Å². The highest BCUT2D eigenvalue weighted by atomic mass is 16.2. The number of amides is 1. The number of hydrogen-bond donors (Lipinski definition) is 2. The summed E-state index contributed by atoms with van der Waals surface area (Å²) < 4.78 is 0. The van der Waals surface area contributed by atoms with Gasteiger partial charge < -0.3 is 15.5 Å². The average Bonchev–Trinajstić information content (AvgIpc) is 3.06. The largest absolute Gasteiger partial charge is 0.363 e. The van der Waals surface area contributed by atoms with Crippen LogP contribution >= 0.6 is 0 Å². The zero-order valence-corrected chi connectivity index (χ0v) is 13.1. The topological polar surface area (TPSA) is 57.3 Å². The second-order valence-electron chi connectivity index (χ2n) is 5.92. The van der Waals surface area contributed by atoms with Gasteiger partial charge in [-0.2, -0.15) is 0 Å². The van der Waals surface area contributed by atoms with E-state index in [1.54, 1.807) is 0 Å². The molecule has 22 heavy (non-hydrogen) atoms. The van der Waals surface area contributed by atoms with Crippen molar-refractivity contribution in [3.8, 4) is 0 Å². The third-order valence-corrected chi connectivity index (χ3v) is 4.08. The minimum atomic E-state index is -0.0404. The molecule has 0 radical (unpaired) electrons. The van der Waals surface area contributed by atoms with Crippen molar-refractivity contribution in [2.24, 2.45) is 0 Å². The first-order valence-electron chi connectivity index (χ1n) is 7.72. The Morgan fingerprint density at radius 1 is 1.41 bits per heavy atom. The molecule has 2 heterocycles. The van der Waals surface area contributed by atoms with Gasteiger partial charge in [-0.05, 0) is 37.1 Å². The van der Waals surface area contributed by atoms with Crippen molar-refractivity contribution in [3.05, 3.63) is 35.9 Å². The Bertz CT molecular complexity index is 677. The Labute approximate surface area is 130 Å². The number of nitrogens with zero attached hydrogens (tertiary/aromatic N) is 2. The molecule has 1 aromatic heterocycles. The summed E-state index contributed by atoms with van der Waals surface area (Å²) in [4.78, 5) is 18.8. The van der Waals surface area contributed by atoms with Crippen LogP contribution in [-0.2, 0) is 11.3 Å². The molecule has 1 aliphatic rings. The lowest BCUT2D eigenvalue weighted by molar-refractivity contribution is -0.122. The van der Waals surface area contributed by atoms with Crippen molar-refractivity contribution in [1.29, 1.82) is 0 Å². The van der Waals surface area contributed by atoms with Crippen LogP contribution in [0, 0.1) is 0 Å². The molecule has 2 aromatic rings. The number of anilines is 1. The number of carbonyl (C=O) groups excluding carboxylic acids is 1. The van der Waals surface area contributed by atoms with Crippen molar-refractivity contribution in [2.45, 2.75) is 25.4 Å². The summed E-state index contributed by atoms with van der Waals surface area (Å²) in [7, 11) is 3.95. The van der Waals surface area contributed by atoms with E-state index in [0.29, 0.717) is 6.54 Å². The van der Waals surface area contributed by atoms with Crippen LogP contribution in [-0.4, -0.2) is 37.6 Å². The fraction of sp³-hybridized carbons (Fsp3) is 0.412. The van der Waals surface area contributed by atoms with E-state index in [-0.39, 0.29) is 11.9 Å². The van der Waals surface area contributed by atoms with E-state index in [1.807, 2.05) is 43.3 Å². The number of para-hydroxylation sites is 1. The number of pyridine rings is 1. The van der Waals surface area contributed by atoms with Gasteiger partial charge in [-0.25, -0.2) is 4.98 Å². The molecule has 1 fully saturated rings. The molecule has 1 atom stereocenters. The maximum Gasteiger partial charge on any atom is 0.237 e. The monoisotopic (exact) mass is 298 g/mol. The molecule has 0 saturated carbocycles. The zero-order chi connectivity index (χ0) is 15.5. The second kappa shape index (κ2) is 6.32. The summed E-state index contributed by atoms with van der Waals surface area (Å²) in [6.07, 6.45) is 1.99. The smallest absolute Gasteiger partial charge is 0.237 e. The summed E-state index contributed by atoms with van der Waals surface area (Å²) in [5.41, 5.74) is 2.05. The number of hydrogen-bond acceptors (Lipinski definition) is 4. The lowest BCUT2D eigenvalue weighted by Gasteiger charge is -2.16. The van der Waals surface area contributed by atoms with Gasteiger partial charge in [0.25, 0.3) is 0 Å². The summed E-state index contributed by atoms with van der Waals surface area (Å²) in [6.45, 7) is 1.46. The number of carbonyl (C=O) groups is 1. The Hall–Kier alpha value is -2.14. The fourth-order valence-electron chi connectivity index (χ4n) is 2.82. The number of nitrogens with one attached hydrogen (secondary N) is 2. The predicted molar refractivity (Wildman–Crippen MR) is 88.9 cm³/mol. The molecular weight excluding hydrogens is 276 g/mol. The van der Waals surface area contributed by atoms with E-state index < -0.39 is 0 Å². The van der Waals surface area contributed by atoms with Crippen LogP contribution in [0.5, 0.6) is 0 Å². The first-order valence-corrected chi connectivity index (χ1v) is 7.72. The van der Waals surface area contributed by atoms with E-state index in [1.165, 1.54) is 0 Å². The number of fused-ring (bicyclic) bond motifs is 1. The number of aromatic nitrogens is 1. The highest BCUT2D eigenvalue weighted by molar-refractivity contribution is 5.86. The molecular formula is C17H22N4O. The zero-order valence-electron chi connectivity index (χ0n) is 13.1. The van der Waals surface area contributed by atoms with Crippen LogP contribution in [0.1, 0.15) is 18.4 Å². The standard InChI is InChI=1S/C17H22N4O/c1-21(2)16-10-12(13-6-3-4-7-14(13)20-16)11-19-17(22)15-8-5-9-18-15/h3-4,6-7,10,15,18H,5,8-9,11H2,1-2H3,(H,19,22). The van der Waals surface area contributed by atoms with Gasteiger partial charge >= 0.3 is 0 Å². The lowest BCUT2D eigenvalue weighted by atomic mass is 10.1. The third kappa shape index (κ3) is 3.04. The van der Waals surface area contributed by atoms with E-state index in [0.717, 1.165) is 41.7 Å². The Balaban J connectivity index is 1.83. The van der Waals surface area contributed by atoms with Crippen molar-refractivity contribution < 1.29 is 4.79 Å². The third-order valence-electron chi connectivity index (χ3n) is 4.08. The Morgan fingerprint density at radius 2 is 2.23 bits per heavy atom. The molecule has 1 aromatic carbocycles. The van der Waals surface area contributed by atoms with Crippen LogP contribution in [0.15, 0.2) is 30.3 Å². The molecule has 0 spiro atoms. The quantitative estimate of drug-likeness (QED) is 0.901. The first kappa shape index (κ1) is 14.8. The van der Waals surface area contributed by atoms with Crippen LogP contribution in [0.3, 0.4) is 0 Å². The number of benzene rings is 1. The molecule has 1 amide bonds. The maximum atomic E-state index is 12.2.